The quantitative estimate of drug-likeness (QED) is 0.549. The first-order chi connectivity index (χ1) is 15.2. The maximum absolute atomic E-state index is 13.6. The van der Waals surface area contributed by atoms with E-state index >= 15 is 0 Å². The van der Waals surface area contributed by atoms with E-state index in [4.69, 9.17) is 11.6 Å². The van der Waals surface area contributed by atoms with Gasteiger partial charge in [0.05, 0.1) is 10.9 Å². The molecule has 32 heavy (non-hydrogen) atoms. The smallest absolute Gasteiger partial charge is 0.286 e. The first-order valence-electron chi connectivity index (χ1n) is 10.2. The third kappa shape index (κ3) is 4.43. The molecule has 4 rings (SSSR count). The zero-order valence-corrected chi connectivity index (χ0v) is 20.3. The summed E-state index contributed by atoms with van der Waals surface area (Å²) in [7, 11) is -3.72. The van der Waals surface area contributed by atoms with Crippen LogP contribution in [-0.2, 0) is 10.0 Å². The van der Waals surface area contributed by atoms with Crippen LogP contribution in [0.15, 0.2) is 41.3 Å². The van der Waals surface area contributed by atoms with Gasteiger partial charge in [0, 0.05) is 17.3 Å². The number of benzene rings is 2. The minimum atomic E-state index is -3.72. The molecule has 1 fully saturated rings. The molecule has 1 amide bonds. The number of carbonyl (C=O) groups is 1. The van der Waals surface area contributed by atoms with E-state index in [1.165, 1.54) is 4.31 Å². The molecule has 168 valence electrons. The Hall–Kier alpha value is -2.33. The average molecular weight is 491 g/mol. The van der Waals surface area contributed by atoms with Gasteiger partial charge in [0.25, 0.3) is 5.91 Å². The molecule has 1 saturated heterocycles. The Morgan fingerprint density at radius 3 is 2.56 bits per heavy atom. The molecule has 7 nitrogen and oxygen atoms in total. The summed E-state index contributed by atoms with van der Waals surface area (Å²) in [5.74, 6) is -0.409. The van der Waals surface area contributed by atoms with Crippen LogP contribution in [0.2, 0.25) is 5.02 Å². The van der Waals surface area contributed by atoms with Crippen molar-refractivity contribution in [1.82, 2.24) is 14.5 Å². The molecule has 10 heteroatoms. The van der Waals surface area contributed by atoms with E-state index in [1.54, 1.807) is 24.3 Å². The Bertz CT molecular complexity index is 1270. The third-order valence-corrected chi connectivity index (χ3v) is 8.85. The van der Waals surface area contributed by atoms with Gasteiger partial charge in [0.1, 0.15) is 5.01 Å². The van der Waals surface area contributed by atoms with E-state index in [0.29, 0.717) is 33.6 Å². The highest BCUT2D eigenvalue weighted by molar-refractivity contribution is 7.89. The van der Waals surface area contributed by atoms with Crippen LogP contribution < -0.4 is 5.32 Å². The topological polar surface area (TPSA) is 92.3 Å². The summed E-state index contributed by atoms with van der Waals surface area (Å²) in [4.78, 5) is 12.9. The molecule has 0 radical (unpaired) electrons. The zero-order valence-electron chi connectivity index (χ0n) is 17.9. The Kier molecular flexibility index (Phi) is 6.35. The van der Waals surface area contributed by atoms with Gasteiger partial charge < -0.3 is 5.32 Å². The number of aromatic nitrogens is 2. The Balaban J connectivity index is 1.59. The van der Waals surface area contributed by atoms with Gasteiger partial charge in [0.15, 0.2) is 0 Å². The lowest BCUT2D eigenvalue weighted by atomic mass is 10.1. The van der Waals surface area contributed by atoms with Crippen LogP contribution in [0.5, 0.6) is 0 Å². The van der Waals surface area contributed by atoms with Crippen molar-refractivity contribution in [3.63, 3.8) is 0 Å². The molecule has 1 aliphatic heterocycles. The molecule has 0 spiro atoms. The summed E-state index contributed by atoms with van der Waals surface area (Å²) in [6.07, 6.45) is 1.35. The summed E-state index contributed by atoms with van der Waals surface area (Å²) < 4.78 is 28.6. The van der Waals surface area contributed by atoms with Crippen molar-refractivity contribution in [1.29, 1.82) is 0 Å². The maximum Gasteiger partial charge on any atom is 0.286 e. The van der Waals surface area contributed by atoms with Gasteiger partial charge >= 0.3 is 0 Å². The standard InChI is InChI=1S/C22H23ClN4O3S2/c1-13-10-14(2)19(15(3)11-13)32(29,30)27-9-5-8-18(27)21-25-26-22(31-21)20(28)24-17-7-4-6-16(23)12-17/h4,6-7,10-12,18H,5,8-9H2,1-3H3,(H,24,28). The summed E-state index contributed by atoms with van der Waals surface area (Å²) in [6.45, 7) is 6.00. The molecular weight excluding hydrogens is 468 g/mol. The van der Waals surface area contributed by atoms with Crippen molar-refractivity contribution in [3.05, 3.63) is 68.1 Å². The lowest BCUT2D eigenvalue weighted by Gasteiger charge is -2.24. The summed E-state index contributed by atoms with van der Waals surface area (Å²) in [5.41, 5.74) is 3.03. The van der Waals surface area contributed by atoms with E-state index in [2.05, 4.69) is 15.5 Å². The molecule has 2 aromatic carbocycles. The lowest BCUT2D eigenvalue weighted by Crippen LogP contribution is -2.31. The number of halogens is 1. The molecule has 0 saturated carbocycles. The number of aryl methyl sites for hydroxylation is 3. The lowest BCUT2D eigenvalue weighted by molar-refractivity contribution is 0.102. The second-order valence-corrected chi connectivity index (χ2v) is 11.2. The van der Waals surface area contributed by atoms with Gasteiger partial charge in [-0.05, 0) is 62.9 Å². The van der Waals surface area contributed by atoms with E-state index in [0.717, 1.165) is 34.4 Å². The largest absolute Gasteiger partial charge is 0.320 e. The molecular formula is C22H23ClN4O3S2. The van der Waals surface area contributed by atoms with E-state index in [9.17, 15) is 13.2 Å². The summed E-state index contributed by atoms with van der Waals surface area (Å²) in [6, 6.07) is 10.1. The second-order valence-electron chi connectivity index (χ2n) is 7.91. The van der Waals surface area contributed by atoms with Crippen LogP contribution >= 0.6 is 22.9 Å². The van der Waals surface area contributed by atoms with Gasteiger partial charge in [-0.25, -0.2) is 8.42 Å². The second kappa shape index (κ2) is 8.90. The van der Waals surface area contributed by atoms with Crippen molar-refractivity contribution in [2.75, 3.05) is 11.9 Å². The highest BCUT2D eigenvalue weighted by Gasteiger charge is 2.39. The van der Waals surface area contributed by atoms with E-state index in [1.807, 2.05) is 32.9 Å². The van der Waals surface area contributed by atoms with Gasteiger partial charge in [-0.2, -0.15) is 4.31 Å². The fourth-order valence-corrected chi connectivity index (χ4v) is 7.40. The number of anilines is 1. The molecule has 1 atom stereocenters. The Morgan fingerprint density at radius 2 is 1.88 bits per heavy atom. The number of nitrogens with one attached hydrogen (secondary N) is 1. The molecule has 1 aliphatic rings. The predicted molar refractivity (Wildman–Crippen MR) is 126 cm³/mol. The number of carbonyl (C=O) groups excluding carboxylic acids is 1. The molecule has 0 bridgehead atoms. The SMILES string of the molecule is Cc1cc(C)c(S(=O)(=O)N2CCCC2c2nnc(C(=O)Nc3cccc(Cl)c3)s2)c(C)c1. The monoisotopic (exact) mass is 490 g/mol. The predicted octanol–water partition coefficient (Wildman–Crippen LogP) is 4.89. The first kappa shape index (κ1) is 22.8. The number of hydrogen-bond acceptors (Lipinski definition) is 6. The van der Waals surface area contributed by atoms with Gasteiger partial charge in [0.2, 0.25) is 15.0 Å². The van der Waals surface area contributed by atoms with Crippen molar-refractivity contribution < 1.29 is 13.2 Å². The normalized spacial score (nSPS) is 16.9. The molecule has 3 aromatic rings. The van der Waals surface area contributed by atoms with Crippen molar-refractivity contribution in [3.8, 4) is 0 Å². The molecule has 2 heterocycles. The molecule has 1 N–H and O–H groups in total. The minimum Gasteiger partial charge on any atom is -0.320 e. The van der Waals surface area contributed by atoms with Crippen LogP contribution in [0, 0.1) is 20.8 Å². The van der Waals surface area contributed by atoms with Crippen molar-refractivity contribution in [2.24, 2.45) is 0 Å². The van der Waals surface area contributed by atoms with Gasteiger partial charge in [-0.3, -0.25) is 4.79 Å². The summed E-state index contributed by atoms with van der Waals surface area (Å²) in [5, 5.41) is 12.1. The van der Waals surface area contributed by atoms with E-state index in [-0.39, 0.29) is 5.01 Å². The van der Waals surface area contributed by atoms with Crippen LogP contribution in [0.25, 0.3) is 0 Å². The first-order valence-corrected chi connectivity index (χ1v) is 12.8. The van der Waals surface area contributed by atoms with Gasteiger partial charge in [-0.1, -0.05) is 46.7 Å². The number of amides is 1. The fourth-order valence-electron chi connectivity index (χ4n) is 4.18. The maximum atomic E-state index is 13.6. The summed E-state index contributed by atoms with van der Waals surface area (Å²) >= 11 is 7.08. The molecule has 0 aliphatic carbocycles. The fraction of sp³-hybridized carbons (Fsp3) is 0.318. The van der Waals surface area contributed by atoms with Crippen molar-refractivity contribution >= 4 is 44.6 Å². The highest BCUT2D eigenvalue weighted by Crippen LogP contribution is 2.39. The molecule has 1 aromatic heterocycles. The van der Waals surface area contributed by atoms with Crippen LogP contribution in [0.1, 0.15) is 50.4 Å². The average Bonchev–Trinajstić information content (AvgIpc) is 3.37. The highest BCUT2D eigenvalue weighted by atomic mass is 35.5. The van der Waals surface area contributed by atoms with E-state index < -0.39 is 22.0 Å². The van der Waals surface area contributed by atoms with Crippen LogP contribution in [0.4, 0.5) is 5.69 Å². The third-order valence-electron chi connectivity index (χ3n) is 5.38. The number of sulfonamides is 1. The number of hydrogen-bond donors (Lipinski definition) is 1. The number of rotatable bonds is 5. The van der Waals surface area contributed by atoms with Crippen molar-refractivity contribution in [2.45, 2.75) is 44.6 Å². The Morgan fingerprint density at radius 1 is 1.16 bits per heavy atom. The molecule has 1 unspecified atom stereocenters. The van der Waals surface area contributed by atoms with Crippen LogP contribution in [-0.4, -0.2) is 35.4 Å². The zero-order chi connectivity index (χ0) is 23.0. The van der Waals surface area contributed by atoms with Crippen LogP contribution in [0.3, 0.4) is 0 Å². The van der Waals surface area contributed by atoms with Gasteiger partial charge in [-0.15, -0.1) is 10.2 Å². The Labute approximate surface area is 196 Å². The number of nitrogens with zero attached hydrogens (tertiary/aromatic N) is 3. The minimum absolute atomic E-state index is 0.173.